The minimum absolute atomic E-state index is 0.0885. The number of hydrogen-bond donors (Lipinski definition) is 2. The van der Waals surface area contributed by atoms with Crippen molar-refractivity contribution in [3.05, 3.63) is 34.9 Å². The molecule has 0 saturated carbocycles. The van der Waals surface area contributed by atoms with Gasteiger partial charge in [0.1, 0.15) is 0 Å². The molecule has 1 aromatic rings. The smallest absolute Gasteiger partial charge is 0.261 e. The van der Waals surface area contributed by atoms with E-state index >= 15 is 0 Å². The summed E-state index contributed by atoms with van der Waals surface area (Å²) in [6.07, 6.45) is 0.939. The second kappa shape index (κ2) is 9.10. The van der Waals surface area contributed by atoms with Crippen molar-refractivity contribution in [3.63, 3.8) is 0 Å². The predicted molar refractivity (Wildman–Crippen MR) is 93.9 cm³/mol. The summed E-state index contributed by atoms with van der Waals surface area (Å²) in [5.74, 6) is -1.20. The largest absolute Gasteiger partial charge is 0.385 e. The summed E-state index contributed by atoms with van der Waals surface area (Å²) in [5.41, 5.74) is 0.837. The van der Waals surface area contributed by atoms with Crippen LogP contribution in [0.2, 0.25) is 0 Å². The summed E-state index contributed by atoms with van der Waals surface area (Å²) < 4.78 is 4.94. The third-order valence-electron chi connectivity index (χ3n) is 4.02. The molecule has 0 radical (unpaired) electrons. The minimum Gasteiger partial charge on any atom is -0.385 e. The zero-order valence-corrected chi connectivity index (χ0v) is 15.0. The Kier molecular flexibility index (Phi) is 6.85. The molecule has 4 amide bonds. The van der Waals surface area contributed by atoms with Crippen molar-refractivity contribution in [2.45, 2.75) is 19.8 Å². The number of methoxy groups -OCH3 is 1. The molecule has 1 aliphatic rings. The maximum Gasteiger partial charge on any atom is 0.261 e. The summed E-state index contributed by atoms with van der Waals surface area (Å²) in [6, 6.07) is 4.45. The van der Waals surface area contributed by atoms with Crippen LogP contribution in [-0.2, 0) is 9.53 Å². The average Bonchev–Trinajstić information content (AvgIpc) is 2.89. The fourth-order valence-electron chi connectivity index (χ4n) is 2.61. The van der Waals surface area contributed by atoms with Crippen molar-refractivity contribution in [3.8, 4) is 0 Å². The molecule has 8 heteroatoms. The van der Waals surface area contributed by atoms with Crippen molar-refractivity contribution in [1.29, 1.82) is 0 Å². The van der Waals surface area contributed by atoms with Gasteiger partial charge < -0.3 is 15.4 Å². The number of fused-ring (bicyclic) bond motifs is 1. The molecule has 0 fully saturated rings. The van der Waals surface area contributed by atoms with Gasteiger partial charge in [-0.2, -0.15) is 0 Å². The second-order valence-electron chi connectivity index (χ2n) is 5.83. The number of rotatable bonds is 9. The Hall–Kier alpha value is -2.74. The highest BCUT2D eigenvalue weighted by Crippen LogP contribution is 2.24. The van der Waals surface area contributed by atoms with Gasteiger partial charge in [-0.1, -0.05) is 6.92 Å². The predicted octanol–water partition coefficient (Wildman–Crippen LogP) is 0.575. The van der Waals surface area contributed by atoms with Gasteiger partial charge in [-0.15, -0.1) is 0 Å². The first-order valence-corrected chi connectivity index (χ1v) is 8.53. The molecule has 140 valence electrons. The quantitative estimate of drug-likeness (QED) is 0.494. The van der Waals surface area contributed by atoms with Gasteiger partial charge in [0.25, 0.3) is 17.7 Å². The van der Waals surface area contributed by atoms with E-state index in [-0.39, 0.29) is 36.4 Å². The number of carbonyl (C=O) groups excluding carboxylic acids is 4. The number of ether oxygens (including phenoxy) is 1. The lowest BCUT2D eigenvalue weighted by atomic mass is 10.1. The van der Waals surface area contributed by atoms with Gasteiger partial charge in [-0.3, -0.25) is 24.1 Å². The Morgan fingerprint density at radius 2 is 1.77 bits per heavy atom. The maximum atomic E-state index is 12.4. The van der Waals surface area contributed by atoms with Gasteiger partial charge in [0.2, 0.25) is 5.91 Å². The SMILES string of the molecule is CCC(=O)NCCNC(=O)c1ccc2c(c1)C(=O)N(CCCOC)C2=O. The van der Waals surface area contributed by atoms with E-state index in [1.807, 2.05) is 0 Å². The summed E-state index contributed by atoms with van der Waals surface area (Å²) in [6.45, 7) is 3.08. The zero-order valence-electron chi connectivity index (χ0n) is 15.0. The van der Waals surface area contributed by atoms with Crippen LogP contribution in [0.3, 0.4) is 0 Å². The Morgan fingerprint density at radius 3 is 2.46 bits per heavy atom. The summed E-state index contributed by atoms with van der Waals surface area (Å²) in [5, 5.41) is 5.32. The molecular weight excluding hydrogens is 338 g/mol. The van der Waals surface area contributed by atoms with Crippen LogP contribution in [0, 0.1) is 0 Å². The standard InChI is InChI=1S/C18H23N3O5/c1-3-15(22)19-7-8-20-16(23)12-5-6-13-14(11-12)18(25)21(17(13)24)9-4-10-26-2/h5-6,11H,3-4,7-10H2,1-2H3,(H,19,22)(H,20,23). The van der Waals surface area contributed by atoms with Crippen molar-refractivity contribution < 1.29 is 23.9 Å². The Balaban J connectivity index is 1.99. The Bertz CT molecular complexity index is 717. The first-order chi connectivity index (χ1) is 12.5. The number of hydrogen-bond acceptors (Lipinski definition) is 5. The maximum absolute atomic E-state index is 12.4. The van der Waals surface area contributed by atoms with Crippen molar-refractivity contribution in [2.24, 2.45) is 0 Å². The van der Waals surface area contributed by atoms with E-state index in [1.165, 1.54) is 23.1 Å². The molecule has 0 saturated heterocycles. The van der Waals surface area contributed by atoms with Gasteiger partial charge in [0, 0.05) is 45.3 Å². The average molecular weight is 361 g/mol. The molecule has 1 aromatic carbocycles. The lowest BCUT2D eigenvalue weighted by molar-refractivity contribution is -0.120. The van der Waals surface area contributed by atoms with Crippen LogP contribution in [0.4, 0.5) is 0 Å². The molecular formula is C18H23N3O5. The van der Waals surface area contributed by atoms with E-state index in [1.54, 1.807) is 14.0 Å². The van der Waals surface area contributed by atoms with E-state index in [0.717, 1.165) is 0 Å². The van der Waals surface area contributed by atoms with Gasteiger partial charge in [0.15, 0.2) is 0 Å². The van der Waals surface area contributed by atoms with E-state index in [2.05, 4.69) is 10.6 Å². The number of nitrogens with zero attached hydrogens (tertiary/aromatic N) is 1. The highest BCUT2D eigenvalue weighted by Gasteiger charge is 2.35. The van der Waals surface area contributed by atoms with Gasteiger partial charge in [-0.25, -0.2) is 0 Å². The highest BCUT2D eigenvalue weighted by atomic mass is 16.5. The number of benzene rings is 1. The topological polar surface area (TPSA) is 105 Å². The van der Waals surface area contributed by atoms with Crippen LogP contribution in [0.15, 0.2) is 18.2 Å². The zero-order chi connectivity index (χ0) is 19.1. The third kappa shape index (κ3) is 4.45. The van der Waals surface area contributed by atoms with Gasteiger partial charge in [0.05, 0.1) is 11.1 Å². The molecule has 0 aromatic heterocycles. The third-order valence-corrected chi connectivity index (χ3v) is 4.02. The molecule has 8 nitrogen and oxygen atoms in total. The fourth-order valence-corrected chi connectivity index (χ4v) is 2.61. The highest BCUT2D eigenvalue weighted by molar-refractivity contribution is 6.22. The number of imide groups is 1. The monoisotopic (exact) mass is 361 g/mol. The number of amides is 4. The van der Waals surface area contributed by atoms with E-state index in [4.69, 9.17) is 4.74 Å². The van der Waals surface area contributed by atoms with Gasteiger partial charge in [-0.05, 0) is 24.6 Å². The van der Waals surface area contributed by atoms with Crippen LogP contribution in [0.5, 0.6) is 0 Å². The molecule has 1 aliphatic heterocycles. The normalized spacial score (nSPS) is 12.9. The van der Waals surface area contributed by atoms with Crippen molar-refractivity contribution in [2.75, 3.05) is 33.4 Å². The molecule has 26 heavy (non-hydrogen) atoms. The van der Waals surface area contributed by atoms with Crippen LogP contribution in [0.1, 0.15) is 50.8 Å². The molecule has 0 atom stereocenters. The van der Waals surface area contributed by atoms with E-state index < -0.39 is 5.91 Å². The number of nitrogens with one attached hydrogen (secondary N) is 2. The minimum atomic E-state index is -0.397. The summed E-state index contributed by atoms with van der Waals surface area (Å²) in [7, 11) is 1.56. The van der Waals surface area contributed by atoms with Crippen LogP contribution >= 0.6 is 0 Å². The van der Waals surface area contributed by atoms with Crippen LogP contribution in [0.25, 0.3) is 0 Å². The first kappa shape index (κ1) is 19.6. The van der Waals surface area contributed by atoms with Crippen molar-refractivity contribution >= 4 is 23.6 Å². The molecule has 0 unspecified atom stereocenters. The molecule has 2 rings (SSSR count). The molecule has 0 bridgehead atoms. The van der Waals surface area contributed by atoms with E-state index in [9.17, 15) is 19.2 Å². The first-order valence-electron chi connectivity index (χ1n) is 8.53. The van der Waals surface area contributed by atoms with Crippen molar-refractivity contribution in [1.82, 2.24) is 15.5 Å². The summed E-state index contributed by atoms with van der Waals surface area (Å²) in [4.78, 5) is 49.2. The Labute approximate surface area is 151 Å². The van der Waals surface area contributed by atoms with Gasteiger partial charge >= 0.3 is 0 Å². The van der Waals surface area contributed by atoms with Crippen LogP contribution in [-0.4, -0.2) is 61.9 Å². The lowest BCUT2D eigenvalue weighted by Gasteiger charge is -2.12. The Morgan fingerprint density at radius 1 is 1.08 bits per heavy atom. The second-order valence-corrected chi connectivity index (χ2v) is 5.83. The molecule has 0 aliphatic carbocycles. The summed E-state index contributed by atoms with van der Waals surface area (Å²) >= 11 is 0. The molecule has 2 N–H and O–H groups in total. The molecule has 1 heterocycles. The molecule has 0 spiro atoms. The fraction of sp³-hybridized carbons (Fsp3) is 0.444. The van der Waals surface area contributed by atoms with Crippen LogP contribution < -0.4 is 10.6 Å². The lowest BCUT2D eigenvalue weighted by Crippen LogP contribution is -2.34. The van der Waals surface area contributed by atoms with E-state index in [0.29, 0.717) is 37.1 Å². The number of carbonyl (C=O) groups is 4.